The van der Waals surface area contributed by atoms with Gasteiger partial charge in [0.1, 0.15) is 0 Å². The molecule has 7 nitrogen and oxygen atoms in total. The van der Waals surface area contributed by atoms with Crippen molar-refractivity contribution in [1.29, 1.82) is 0 Å². The van der Waals surface area contributed by atoms with Gasteiger partial charge in [0.05, 0.1) is 11.9 Å². The van der Waals surface area contributed by atoms with Crippen LogP contribution in [-0.2, 0) is 14.8 Å². The third kappa shape index (κ3) is 8.55. The molecule has 0 saturated carbocycles. The molecule has 1 unspecified atom stereocenters. The minimum atomic E-state index is -3.29. The highest BCUT2D eigenvalue weighted by molar-refractivity contribution is 7.89. The first-order valence-electron chi connectivity index (χ1n) is 7.96. The van der Waals surface area contributed by atoms with Crippen LogP contribution in [0.2, 0.25) is 0 Å². The highest BCUT2D eigenvalue weighted by atomic mass is 32.2. The van der Waals surface area contributed by atoms with E-state index in [2.05, 4.69) is 34.2 Å². The third-order valence-corrected chi connectivity index (χ3v) is 4.72. The molecule has 0 spiro atoms. The van der Waals surface area contributed by atoms with E-state index in [0.29, 0.717) is 25.0 Å². The summed E-state index contributed by atoms with van der Waals surface area (Å²) in [5.41, 5.74) is 0. The van der Waals surface area contributed by atoms with E-state index >= 15 is 0 Å². The fourth-order valence-electron chi connectivity index (χ4n) is 2.09. The van der Waals surface area contributed by atoms with Crippen LogP contribution in [0.4, 0.5) is 0 Å². The Morgan fingerprint density at radius 1 is 1.32 bits per heavy atom. The van der Waals surface area contributed by atoms with Crippen molar-refractivity contribution in [3.05, 3.63) is 0 Å². The zero-order valence-electron chi connectivity index (χ0n) is 13.9. The first kappa shape index (κ1) is 19.2. The Morgan fingerprint density at radius 2 is 2.09 bits per heavy atom. The van der Waals surface area contributed by atoms with Crippen LogP contribution in [0.1, 0.15) is 33.1 Å². The molecule has 1 aliphatic heterocycles. The number of nitrogens with zero attached hydrogens (tertiary/aromatic N) is 1. The second kappa shape index (κ2) is 10.0. The van der Waals surface area contributed by atoms with E-state index in [1.54, 1.807) is 7.05 Å². The van der Waals surface area contributed by atoms with Gasteiger partial charge in [-0.3, -0.25) is 4.99 Å². The summed E-state index contributed by atoms with van der Waals surface area (Å²) >= 11 is 0. The van der Waals surface area contributed by atoms with E-state index < -0.39 is 10.0 Å². The quantitative estimate of drug-likeness (QED) is 0.438. The summed E-state index contributed by atoms with van der Waals surface area (Å²) in [5.74, 6) is 1.14. The molecule has 0 bridgehead atoms. The summed E-state index contributed by atoms with van der Waals surface area (Å²) in [6, 6.07) is 0. The van der Waals surface area contributed by atoms with Gasteiger partial charge >= 0.3 is 0 Å². The topological polar surface area (TPSA) is 91.8 Å². The summed E-state index contributed by atoms with van der Waals surface area (Å²) in [5, 5.41) is 6.15. The first-order valence-corrected chi connectivity index (χ1v) is 9.61. The van der Waals surface area contributed by atoms with Gasteiger partial charge in [0.15, 0.2) is 5.96 Å². The lowest BCUT2D eigenvalue weighted by atomic mass is 10.1. The number of hydrogen-bond acceptors (Lipinski definition) is 4. The molecular formula is C14H30N4O3S. The van der Waals surface area contributed by atoms with Gasteiger partial charge in [-0.1, -0.05) is 13.8 Å². The fourth-order valence-corrected chi connectivity index (χ4v) is 3.04. The van der Waals surface area contributed by atoms with E-state index in [0.717, 1.165) is 32.4 Å². The standard InChI is InChI=1S/C14H30N4O3S/c1-12(2)10-17-14(15-3)16-7-9-22(19,20)18-11-13-6-4-5-8-21-13/h12-13,18H,4-11H2,1-3H3,(H2,15,16,17). The van der Waals surface area contributed by atoms with Crippen LogP contribution >= 0.6 is 0 Å². The van der Waals surface area contributed by atoms with Crippen molar-refractivity contribution in [3.8, 4) is 0 Å². The lowest BCUT2D eigenvalue weighted by Gasteiger charge is -2.22. The average Bonchev–Trinajstić information content (AvgIpc) is 2.49. The molecule has 1 saturated heterocycles. The predicted octanol–water partition coefficient (Wildman–Crippen LogP) is 0.296. The molecule has 1 heterocycles. The Bertz CT molecular complexity index is 431. The number of aliphatic imine (C=N–C) groups is 1. The molecule has 0 aromatic rings. The zero-order valence-corrected chi connectivity index (χ0v) is 14.7. The second-order valence-corrected chi connectivity index (χ2v) is 7.86. The van der Waals surface area contributed by atoms with Crippen LogP contribution in [0.15, 0.2) is 4.99 Å². The van der Waals surface area contributed by atoms with Crippen molar-refractivity contribution in [2.24, 2.45) is 10.9 Å². The van der Waals surface area contributed by atoms with Crippen LogP contribution in [0, 0.1) is 5.92 Å². The van der Waals surface area contributed by atoms with Crippen molar-refractivity contribution in [1.82, 2.24) is 15.4 Å². The zero-order chi connectivity index (χ0) is 16.4. The highest BCUT2D eigenvalue weighted by Gasteiger charge is 2.17. The molecule has 1 aliphatic rings. The summed E-state index contributed by atoms with van der Waals surface area (Å²) in [4.78, 5) is 4.06. The molecule has 0 aliphatic carbocycles. The molecule has 22 heavy (non-hydrogen) atoms. The van der Waals surface area contributed by atoms with Crippen molar-refractivity contribution >= 4 is 16.0 Å². The van der Waals surface area contributed by atoms with Gasteiger partial charge in [-0.05, 0) is 25.2 Å². The maximum atomic E-state index is 11.9. The summed E-state index contributed by atoms with van der Waals surface area (Å²) < 4.78 is 32.0. The monoisotopic (exact) mass is 334 g/mol. The van der Waals surface area contributed by atoms with Crippen molar-refractivity contribution < 1.29 is 13.2 Å². The molecular weight excluding hydrogens is 304 g/mol. The maximum absolute atomic E-state index is 11.9. The molecule has 0 aromatic carbocycles. The van der Waals surface area contributed by atoms with Crippen LogP contribution in [0.5, 0.6) is 0 Å². The van der Waals surface area contributed by atoms with E-state index in [-0.39, 0.29) is 11.9 Å². The summed E-state index contributed by atoms with van der Waals surface area (Å²) in [7, 11) is -1.62. The molecule has 8 heteroatoms. The molecule has 1 rings (SSSR count). The molecule has 3 N–H and O–H groups in total. The van der Waals surface area contributed by atoms with E-state index in [9.17, 15) is 8.42 Å². The van der Waals surface area contributed by atoms with Gasteiger partial charge in [0, 0.05) is 33.3 Å². The van der Waals surface area contributed by atoms with Gasteiger partial charge in [0.2, 0.25) is 10.0 Å². The normalized spacial score (nSPS) is 20.2. The van der Waals surface area contributed by atoms with Crippen molar-refractivity contribution in [2.75, 3.05) is 39.0 Å². The largest absolute Gasteiger partial charge is 0.377 e. The molecule has 0 radical (unpaired) electrons. The Kier molecular flexibility index (Phi) is 8.74. The van der Waals surface area contributed by atoms with Crippen LogP contribution < -0.4 is 15.4 Å². The van der Waals surface area contributed by atoms with Crippen LogP contribution in [-0.4, -0.2) is 59.5 Å². The maximum Gasteiger partial charge on any atom is 0.213 e. The van der Waals surface area contributed by atoms with Crippen molar-refractivity contribution in [3.63, 3.8) is 0 Å². The van der Waals surface area contributed by atoms with E-state index in [1.165, 1.54) is 0 Å². The van der Waals surface area contributed by atoms with Gasteiger partial charge < -0.3 is 15.4 Å². The second-order valence-electron chi connectivity index (χ2n) is 5.93. The third-order valence-electron chi connectivity index (χ3n) is 3.37. The lowest BCUT2D eigenvalue weighted by molar-refractivity contribution is 0.0200. The number of guanidine groups is 1. The van der Waals surface area contributed by atoms with Gasteiger partial charge in [-0.25, -0.2) is 13.1 Å². The predicted molar refractivity (Wildman–Crippen MR) is 89.6 cm³/mol. The number of ether oxygens (including phenoxy) is 1. The molecule has 0 aromatic heterocycles. The van der Waals surface area contributed by atoms with Gasteiger partial charge in [-0.15, -0.1) is 0 Å². The smallest absolute Gasteiger partial charge is 0.213 e. The average molecular weight is 334 g/mol. The summed E-state index contributed by atoms with van der Waals surface area (Å²) in [6.45, 7) is 6.40. The minimum absolute atomic E-state index is 0.0111. The van der Waals surface area contributed by atoms with Crippen molar-refractivity contribution in [2.45, 2.75) is 39.2 Å². The SMILES string of the molecule is CN=C(NCCS(=O)(=O)NCC1CCCCO1)NCC(C)C. The van der Waals surface area contributed by atoms with E-state index in [1.807, 2.05) is 0 Å². The highest BCUT2D eigenvalue weighted by Crippen LogP contribution is 2.11. The Labute approximate surface area is 134 Å². The van der Waals surface area contributed by atoms with Crippen LogP contribution in [0.25, 0.3) is 0 Å². The molecule has 1 fully saturated rings. The number of sulfonamides is 1. The molecule has 0 amide bonds. The van der Waals surface area contributed by atoms with Gasteiger partial charge in [0.25, 0.3) is 0 Å². The van der Waals surface area contributed by atoms with Gasteiger partial charge in [-0.2, -0.15) is 0 Å². The lowest BCUT2D eigenvalue weighted by Crippen LogP contribution is -2.43. The molecule has 1 atom stereocenters. The summed E-state index contributed by atoms with van der Waals surface area (Å²) in [6.07, 6.45) is 3.10. The molecule has 130 valence electrons. The minimum Gasteiger partial charge on any atom is -0.377 e. The fraction of sp³-hybridized carbons (Fsp3) is 0.929. The first-order chi connectivity index (χ1) is 10.4. The Balaban J connectivity index is 2.23. The number of rotatable bonds is 8. The Morgan fingerprint density at radius 3 is 2.68 bits per heavy atom. The number of hydrogen-bond donors (Lipinski definition) is 3. The number of nitrogens with one attached hydrogen (secondary N) is 3. The van der Waals surface area contributed by atoms with E-state index in [4.69, 9.17) is 4.74 Å². The Hall–Kier alpha value is -0.860. The van der Waals surface area contributed by atoms with Crippen LogP contribution in [0.3, 0.4) is 0 Å².